The van der Waals surface area contributed by atoms with Crippen LogP contribution >= 0.6 is 11.6 Å². The van der Waals surface area contributed by atoms with Gasteiger partial charge in [0.15, 0.2) is 5.76 Å². The Bertz CT molecular complexity index is 1230. The molecule has 0 atom stereocenters. The fourth-order valence-electron chi connectivity index (χ4n) is 3.25. The largest absolute Gasteiger partial charge is 0.485 e. The van der Waals surface area contributed by atoms with E-state index >= 15 is 0 Å². The van der Waals surface area contributed by atoms with Crippen molar-refractivity contribution in [2.24, 2.45) is 0 Å². The Morgan fingerprint density at radius 3 is 2.88 bits per heavy atom. The van der Waals surface area contributed by atoms with Crippen LogP contribution < -0.4 is 10.1 Å². The van der Waals surface area contributed by atoms with Crippen molar-refractivity contribution in [1.29, 1.82) is 0 Å². The lowest BCUT2D eigenvalue weighted by atomic mass is 10.1. The molecule has 7 heteroatoms. The molecule has 1 amide bonds. The predicted octanol–water partition coefficient (Wildman–Crippen LogP) is 5.74. The Morgan fingerprint density at radius 1 is 1.19 bits per heavy atom. The number of hydrogen-bond acceptors (Lipinski definition) is 4. The van der Waals surface area contributed by atoms with Gasteiger partial charge in [-0.1, -0.05) is 48.0 Å². The van der Waals surface area contributed by atoms with Gasteiger partial charge in [-0.05, 0) is 47.9 Å². The lowest BCUT2D eigenvalue weighted by molar-refractivity contribution is 0.0992. The van der Waals surface area contributed by atoms with E-state index in [1.807, 2.05) is 54.6 Å². The number of anilines is 1. The Balaban J connectivity index is 1.37. The fraction of sp³-hybridized carbons (Fsp3) is 0.120. The third-order valence-electron chi connectivity index (χ3n) is 4.72. The van der Waals surface area contributed by atoms with Gasteiger partial charge in [-0.15, -0.1) is 6.58 Å². The van der Waals surface area contributed by atoms with Gasteiger partial charge in [0.05, 0.1) is 17.8 Å². The molecule has 0 radical (unpaired) electrons. The van der Waals surface area contributed by atoms with Gasteiger partial charge in [0.2, 0.25) is 0 Å². The van der Waals surface area contributed by atoms with Crippen LogP contribution in [0.2, 0.25) is 5.02 Å². The fourth-order valence-corrected chi connectivity index (χ4v) is 3.40. The van der Waals surface area contributed by atoms with Crippen LogP contribution in [-0.2, 0) is 19.6 Å². The van der Waals surface area contributed by atoms with Crippen LogP contribution in [0, 0.1) is 0 Å². The number of nitrogens with zero attached hydrogens (tertiary/aromatic N) is 2. The second-order valence-electron chi connectivity index (χ2n) is 7.17. The summed E-state index contributed by atoms with van der Waals surface area (Å²) in [6.07, 6.45) is 5.88. The summed E-state index contributed by atoms with van der Waals surface area (Å²) >= 11 is 5.91. The van der Waals surface area contributed by atoms with E-state index in [2.05, 4.69) is 17.0 Å². The Labute approximate surface area is 191 Å². The molecule has 32 heavy (non-hydrogen) atoms. The third-order valence-corrected chi connectivity index (χ3v) is 4.92. The monoisotopic (exact) mass is 447 g/mol. The number of aromatic nitrogens is 2. The van der Waals surface area contributed by atoms with E-state index in [0.717, 1.165) is 16.9 Å². The van der Waals surface area contributed by atoms with Crippen molar-refractivity contribution in [1.82, 2.24) is 9.78 Å². The zero-order chi connectivity index (χ0) is 22.3. The highest BCUT2D eigenvalue weighted by atomic mass is 35.5. The first-order valence-corrected chi connectivity index (χ1v) is 10.5. The number of carbonyl (C=O) groups excluding carboxylic acids is 1. The number of para-hydroxylation sites is 1. The Kier molecular flexibility index (Phi) is 6.72. The maximum Gasteiger partial charge on any atom is 0.291 e. The lowest BCUT2D eigenvalue weighted by Gasteiger charge is -2.09. The molecule has 2 aromatic heterocycles. The van der Waals surface area contributed by atoms with Gasteiger partial charge >= 0.3 is 0 Å². The first kappa shape index (κ1) is 21.5. The van der Waals surface area contributed by atoms with Gasteiger partial charge in [-0.3, -0.25) is 9.48 Å². The first-order valence-electron chi connectivity index (χ1n) is 10.1. The number of halogens is 1. The van der Waals surface area contributed by atoms with Crippen molar-refractivity contribution in [3.05, 3.63) is 113 Å². The molecule has 0 bridgehead atoms. The van der Waals surface area contributed by atoms with Crippen molar-refractivity contribution in [2.75, 3.05) is 5.32 Å². The minimum atomic E-state index is -0.331. The molecule has 162 valence electrons. The zero-order valence-corrected chi connectivity index (χ0v) is 18.1. The molecule has 6 nitrogen and oxygen atoms in total. The number of amides is 1. The number of carbonyl (C=O) groups is 1. The zero-order valence-electron chi connectivity index (χ0n) is 17.3. The van der Waals surface area contributed by atoms with Crippen molar-refractivity contribution in [2.45, 2.75) is 19.6 Å². The number of hydrogen-bond donors (Lipinski definition) is 1. The Hall–Kier alpha value is -3.77. The highest BCUT2D eigenvalue weighted by Crippen LogP contribution is 2.21. The first-order chi connectivity index (χ1) is 15.6. The lowest BCUT2D eigenvalue weighted by Crippen LogP contribution is -2.11. The summed E-state index contributed by atoms with van der Waals surface area (Å²) in [7, 11) is 0. The molecule has 0 aliphatic heterocycles. The van der Waals surface area contributed by atoms with Gasteiger partial charge in [0.1, 0.15) is 18.1 Å². The predicted molar refractivity (Wildman–Crippen MR) is 124 cm³/mol. The summed E-state index contributed by atoms with van der Waals surface area (Å²) in [5.74, 6) is 1.22. The molecule has 0 unspecified atom stereocenters. The molecule has 0 saturated carbocycles. The van der Waals surface area contributed by atoms with Gasteiger partial charge in [0.25, 0.3) is 5.91 Å². The number of benzene rings is 2. The number of furan rings is 1. The van der Waals surface area contributed by atoms with E-state index in [1.165, 1.54) is 0 Å². The van der Waals surface area contributed by atoms with Gasteiger partial charge in [0, 0.05) is 11.9 Å². The number of nitrogens with one attached hydrogen (secondary N) is 1. The van der Waals surface area contributed by atoms with Crippen LogP contribution in [0.4, 0.5) is 5.69 Å². The second kappa shape index (κ2) is 10.0. The normalized spacial score (nSPS) is 10.7. The third kappa shape index (κ3) is 5.47. The number of allylic oxidation sites excluding steroid dienone is 1. The van der Waals surface area contributed by atoms with E-state index in [4.69, 9.17) is 20.8 Å². The summed E-state index contributed by atoms with van der Waals surface area (Å²) < 4.78 is 13.3. The van der Waals surface area contributed by atoms with Crippen molar-refractivity contribution in [3.63, 3.8) is 0 Å². The molecule has 2 aromatic carbocycles. The molecule has 1 N–H and O–H groups in total. The SMILES string of the molecule is C=CCc1ccccc1OCc1ccc(C(=O)Nc2cccc(Cn3cc(Cl)cn3)c2)o1. The quantitative estimate of drug-likeness (QED) is 0.332. The molecule has 2 heterocycles. The summed E-state index contributed by atoms with van der Waals surface area (Å²) in [5, 5.41) is 7.61. The molecule has 0 fully saturated rings. The van der Waals surface area contributed by atoms with Gasteiger partial charge in [-0.2, -0.15) is 5.10 Å². The van der Waals surface area contributed by atoms with E-state index in [9.17, 15) is 4.79 Å². The maximum absolute atomic E-state index is 12.6. The number of ether oxygens (including phenoxy) is 1. The van der Waals surface area contributed by atoms with Crippen LogP contribution in [0.5, 0.6) is 5.75 Å². The highest BCUT2D eigenvalue weighted by Gasteiger charge is 2.13. The Morgan fingerprint density at radius 2 is 2.06 bits per heavy atom. The summed E-state index contributed by atoms with van der Waals surface area (Å²) in [4.78, 5) is 12.6. The van der Waals surface area contributed by atoms with Crippen molar-refractivity contribution >= 4 is 23.2 Å². The molecule has 0 aliphatic carbocycles. The topological polar surface area (TPSA) is 69.3 Å². The standard InChI is InChI=1S/C25H22ClN3O3/c1-2-6-19-8-3-4-10-23(19)31-17-22-11-12-24(32-22)25(30)28-21-9-5-7-18(13-21)15-29-16-20(26)14-27-29/h2-5,7-14,16H,1,6,15,17H2,(H,28,30). The molecule has 0 saturated heterocycles. The van der Waals surface area contributed by atoms with Crippen LogP contribution in [0.15, 0.2) is 90.1 Å². The molecule has 0 aliphatic rings. The second-order valence-corrected chi connectivity index (χ2v) is 7.60. The summed E-state index contributed by atoms with van der Waals surface area (Å²) in [6.45, 7) is 4.54. The van der Waals surface area contributed by atoms with E-state index in [1.54, 1.807) is 29.2 Å². The van der Waals surface area contributed by atoms with Crippen LogP contribution in [-0.4, -0.2) is 15.7 Å². The van der Waals surface area contributed by atoms with Gasteiger partial charge < -0.3 is 14.5 Å². The number of rotatable bonds is 9. The molecule has 0 spiro atoms. The van der Waals surface area contributed by atoms with Gasteiger partial charge in [-0.25, -0.2) is 0 Å². The maximum atomic E-state index is 12.6. The average Bonchev–Trinajstić information content (AvgIpc) is 3.43. The van der Waals surface area contributed by atoms with Crippen LogP contribution in [0.25, 0.3) is 0 Å². The summed E-state index contributed by atoms with van der Waals surface area (Å²) in [6, 6.07) is 18.7. The minimum absolute atomic E-state index is 0.215. The molecule has 4 aromatic rings. The van der Waals surface area contributed by atoms with E-state index < -0.39 is 0 Å². The summed E-state index contributed by atoms with van der Waals surface area (Å²) in [5.41, 5.74) is 2.69. The van der Waals surface area contributed by atoms with Crippen molar-refractivity contribution in [3.8, 4) is 5.75 Å². The van der Waals surface area contributed by atoms with Crippen LogP contribution in [0.3, 0.4) is 0 Å². The molecular formula is C25H22ClN3O3. The average molecular weight is 448 g/mol. The smallest absolute Gasteiger partial charge is 0.291 e. The molecule has 4 rings (SSSR count). The van der Waals surface area contributed by atoms with E-state index in [-0.39, 0.29) is 18.3 Å². The molecular weight excluding hydrogens is 426 g/mol. The van der Waals surface area contributed by atoms with Crippen LogP contribution in [0.1, 0.15) is 27.4 Å². The van der Waals surface area contributed by atoms with E-state index in [0.29, 0.717) is 29.4 Å². The minimum Gasteiger partial charge on any atom is -0.485 e. The highest BCUT2D eigenvalue weighted by molar-refractivity contribution is 6.30. The van der Waals surface area contributed by atoms with Crippen molar-refractivity contribution < 1.29 is 13.9 Å².